The summed E-state index contributed by atoms with van der Waals surface area (Å²) in [5.41, 5.74) is 2.96. The number of carbonyl (C=O) groups is 1. The van der Waals surface area contributed by atoms with Crippen molar-refractivity contribution in [3.63, 3.8) is 0 Å². The molecule has 0 saturated carbocycles. The largest absolute Gasteiger partial charge is 0.507 e. The van der Waals surface area contributed by atoms with E-state index in [0.29, 0.717) is 16.3 Å². The van der Waals surface area contributed by atoms with E-state index in [-0.39, 0.29) is 5.75 Å². The van der Waals surface area contributed by atoms with E-state index < -0.39 is 22.5 Å². The van der Waals surface area contributed by atoms with Crippen molar-refractivity contribution in [1.29, 1.82) is 0 Å². The standard InChI is InChI=1S/C16H16ClN3O4S/c1-25(23,24)20(14-8-6-13(17)7-9-14)11-16(22)19-18-10-12-4-2-3-5-15(12)21/h2-10,21H,11H2,1H3,(H,19,22)/b18-10-. The van der Waals surface area contributed by atoms with Crippen LogP contribution < -0.4 is 9.73 Å². The fraction of sp³-hybridized carbons (Fsp3) is 0.125. The van der Waals surface area contributed by atoms with Crippen LogP contribution >= 0.6 is 11.6 Å². The summed E-state index contributed by atoms with van der Waals surface area (Å²) in [6.07, 6.45) is 2.26. The Labute approximate surface area is 150 Å². The minimum Gasteiger partial charge on any atom is -0.507 e. The van der Waals surface area contributed by atoms with Gasteiger partial charge in [-0.25, -0.2) is 13.8 Å². The molecule has 0 heterocycles. The number of aromatic hydroxyl groups is 1. The number of rotatable bonds is 6. The van der Waals surface area contributed by atoms with Crippen LogP contribution in [0.5, 0.6) is 5.75 Å². The monoisotopic (exact) mass is 381 g/mol. The second-order valence-corrected chi connectivity index (χ2v) is 7.44. The van der Waals surface area contributed by atoms with Gasteiger partial charge in [0.15, 0.2) is 0 Å². The van der Waals surface area contributed by atoms with Gasteiger partial charge in [-0.3, -0.25) is 9.10 Å². The molecule has 2 aromatic carbocycles. The van der Waals surface area contributed by atoms with Gasteiger partial charge in [0.25, 0.3) is 5.91 Å². The van der Waals surface area contributed by atoms with E-state index in [0.717, 1.165) is 10.6 Å². The number of phenolic OH excluding ortho intramolecular Hbond substituents is 1. The summed E-state index contributed by atoms with van der Waals surface area (Å²) in [4.78, 5) is 12.0. The maximum absolute atomic E-state index is 12.0. The average Bonchev–Trinajstić information content (AvgIpc) is 2.54. The van der Waals surface area contributed by atoms with Crippen molar-refractivity contribution in [3.05, 3.63) is 59.1 Å². The van der Waals surface area contributed by atoms with Gasteiger partial charge in [-0.15, -0.1) is 0 Å². The molecule has 132 valence electrons. The van der Waals surface area contributed by atoms with E-state index in [1.807, 2.05) is 0 Å². The molecule has 0 aliphatic rings. The van der Waals surface area contributed by atoms with Gasteiger partial charge >= 0.3 is 0 Å². The fourth-order valence-electron chi connectivity index (χ4n) is 1.94. The predicted octanol–water partition coefficient (Wildman–Crippen LogP) is 1.96. The molecule has 1 amide bonds. The molecule has 0 spiro atoms. The molecule has 25 heavy (non-hydrogen) atoms. The third-order valence-corrected chi connectivity index (χ3v) is 4.52. The normalized spacial score (nSPS) is 11.4. The van der Waals surface area contributed by atoms with Gasteiger partial charge in [-0.05, 0) is 36.4 Å². The minimum absolute atomic E-state index is 0.0134. The van der Waals surface area contributed by atoms with Crippen molar-refractivity contribution in [2.24, 2.45) is 5.10 Å². The molecule has 0 saturated heterocycles. The fourth-order valence-corrected chi connectivity index (χ4v) is 2.93. The Morgan fingerprint density at radius 1 is 1.24 bits per heavy atom. The molecular formula is C16H16ClN3O4S. The first kappa shape index (κ1) is 18.8. The van der Waals surface area contributed by atoms with E-state index in [1.165, 1.54) is 36.5 Å². The number of amides is 1. The Kier molecular flexibility index (Phi) is 6.00. The zero-order valence-corrected chi connectivity index (χ0v) is 14.8. The highest BCUT2D eigenvalue weighted by Crippen LogP contribution is 2.20. The maximum Gasteiger partial charge on any atom is 0.260 e. The molecule has 0 radical (unpaired) electrons. The molecule has 2 aromatic rings. The van der Waals surface area contributed by atoms with Crippen LogP contribution in [0.15, 0.2) is 53.6 Å². The molecule has 7 nitrogen and oxygen atoms in total. The van der Waals surface area contributed by atoms with Crippen molar-refractivity contribution < 1.29 is 18.3 Å². The Hall–Kier alpha value is -2.58. The Balaban J connectivity index is 2.07. The first-order valence-corrected chi connectivity index (χ1v) is 9.33. The third-order valence-electron chi connectivity index (χ3n) is 3.13. The van der Waals surface area contributed by atoms with Crippen LogP contribution in [0, 0.1) is 0 Å². The number of anilines is 1. The van der Waals surface area contributed by atoms with Crippen LogP contribution in [0.2, 0.25) is 5.02 Å². The summed E-state index contributed by atoms with van der Waals surface area (Å²) in [5.74, 6) is -0.619. The number of hydrazone groups is 1. The maximum atomic E-state index is 12.0. The van der Waals surface area contributed by atoms with Crippen molar-refractivity contribution in [3.8, 4) is 5.75 Å². The number of carbonyl (C=O) groups excluding carboxylic acids is 1. The van der Waals surface area contributed by atoms with Crippen molar-refractivity contribution >= 4 is 39.4 Å². The molecule has 0 bridgehead atoms. The van der Waals surface area contributed by atoms with E-state index in [1.54, 1.807) is 18.2 Å². The van der Waals surface area contributed by atoms with Gasteiger partial charge in [0.05, 0.1) is 18.2 Å². The second kappa shape index (κ2) is 8.00. The third kappa shape index (κ3) is 5.47. The second-order valence-electron chi connectivity index (χ2n) is 5.10. The Morgan fingerprint density at radius 3 is 2.48 bits per heavy atom. The highest BCUT2D eigenvalue weighted by atomic mass is 35.5. The molecule has 0 unspecified atom stereocenters. The number of sulfonamides is 1. The lowest BCUT2D eigenvalue weighted by atomic mass is 10.2. The predicted molar refractivity (Wildman–Crippen MR) is 97.5 cm³/mol. The van der Waals surface area contributed by atoms with Gasteiger partial charge in [0, 0.05) is 10.6 Å². The lowest BCUT2D eigenvalue weighted by Crippen LogP contribution is -2.38. The van der Waals surface area contributed by atoms with Crippen molar-refractivity contribution in [2.75, 3.05) is 17.1 Å². The minimum atomic E-state index is -3.67. The summed E-state index contributed by atoms with van der Waals surface area (Å²) in [7, 11) is -3.67. The van der Waals surface area contributed by atoms with Gasteiger partial charge in [0.1, 0.15) is 12.3 Å². The number of halogens is 1. The summed E-state index contributed by atoms with van der Waals surface area (Å²) in [6.45, 7) is -0.446. The van der Waals surface area contributed by atoms with Gasteiger partial charge in [-0.2, -0.15) is 5.10 Å². The Morgan fingerprint density at radius 2 is 1.88 bits per heavy atom. The molecule has 0 fully saturated rings. The first-order valence-electron chi connectivity index (χ1n) is 7.10. The number of benzene rings is 2. The summed E-state index contributed by atoms with van der Waals surface area (Å²) >= 11 is 5.79. The number of nitrogens with zero attached hydrogens (tertiary/aromatic N) is 2. The summed E-state index contributed by atoms with van der Waals surface area (Å²) < 4.78 is 24.8. The lowest BCUT2D eigenvalue weighted by molar-refractivity contribution is -0.119. The summed E-state index contributed by atoms with van der Waals surface area (Å²) in [5, 5.41) is 13.8. The number of para-hydroxylation sites is 1. The molecule has 2 rings (SSSR count). The molecule has 9 heteroatoms. The molecule has 0 atom stereocenters. The van der Waals surface area contributed by atoms with Crippen LogP contribution in [0.25, 0.3) is 0 Å². The van der Waals surface area contributed by atoms with Crippen LogP contribution in [-0.2, 0) is 14.8 Å². The lowest BCUT2D eigenvalue weighted by Gasteiger charge is -2.21. The SMILES string of the molecule is CS(=O)(=O)N(CC(=O)N/N=C\c1ccccc1O)c1ccc(Cl)cc1. The molecule has 0 aliphatic heterocycles. The molecule has 0 aromatic heterocycles. The quantitative estimate of drug-likeness (QED) is 0.590. The molecular weight excluding hydrogens is 366 g/mol. The highest BCUT2D eigenvalue weighted by Gasteiger charge is 2.20. The van der Waals surface area contributed by atoms with Crippen LogP contribution in [0.1, 0.15) is 5.56 Å². The number of hydrogen-bond acceptors (Lipinski definition) is 5. The molecule has 0 aliphatic carbocycles. The smallest absolute Gasteiger partial charge is 0.260 e. The number of hydrogen-bond donors (Lipinski definition) is 2. The van der Waals surface area contributed by atoms with Crippen molar-refractivity contribution in [2.45, 2.75) is 0 Å². The van der Waals surface area contributed by atoms with Crippen LogP contribution in [0.3, 0.4) is 0 Å². The first-order chi connectivity index (χ1) is 11.8. The number of nitrogens with one attached hydrogen (secondary N) is 1. The zero-order chi connectivity index (χ0) is 18.4. The van der Waals surface area contributed by atoms with E-state index in [9.17, 15) is 18.3 Å². The van der Waals surface area contributed by atoms with E-state index >= 15 is 0 Å². The van der Waals surface area contributed by atoms with Gasteiger partial charge in [0.2, 0.25) is 10.0 Å². The molecule has 2 N–H and O–H groups in total. The zero-order valence-electron chi connectivity index (χ0n) is 13.3. The Bertz CT molecular complexity index is 883. The van der Waals surface area contributed by atoms with Crippen LogP contribution in [-0.4, -0.2) is 38.4 Å². The highest BCUT2D eigenvalue weighted by molar-refractivity contribution is 7.92. The summed E-state index contributed by atoms with van der Waals surface area (Å²) in [6, 6.07) is 12.5. The van der Waals surface area contributed by atoms with Gasteiger partial charge in [-0.1, -0.05) is 23.7 Å². The van der Waals surface area contributed by atoms with Crippen LogP contribution in [0.4, 0.5) is 5.69 Å². The topological polar surface area (TPSA) is 99.1 Å². The number of phenols is 1. The average molecular weight is 382 g/mol. The van der Waals surface area contributed by atoms with Crippen molar-refractivity contribution in [1.82, 2.24) is 5.43 Å². The van der Waals surface area contributed by atoms with E-state index in [4.69, 9.17) is 11.6 Å². The van der Waals surface area contributed by atoms with Gasteiger partial charge < -0.3 is 5.11 Å². The van der Waals surface area contributed by atoms with E-state index in [2.05, 4.69) is 10.5 Å².